The molecule has 0 aliphatic rings. The molecular weight excluding hydrogens is 380 g/mol. The van der Waals surface area contributed by atoms with Gasteiger partial charge in [-0.1, -0.05) is 17.7 Å². The van der Waals surface area contributed by atoms with Crippen LogP contribution in [0.15, 0.2) is 42.5 Å². The highest BCUT2D eigenvalue weighted by Gasteiger charge is 2.18. The van der Waals surface area contributed by atoms with E-state index >= 15 is 0 Å². The number of hydrogen-bond acceptors (Lipinski definition) is 5. The first-order valence-corrected chi connectivity index (χ1v) is 9.06. The van der Waals surface area contributed by atoms with Crippen LogP contribution < -0.4 is 9.64 Å². The van der Waals surface area contributed by atoms with Crippen LogP contribution in [0.5, 0.6) is 5.75 Å². The SMILES string of the molecule is Cc1cc(C)cc(N(CCC#N)C(=O)COC(=O)COc2ccc(Cl)cc2)c1. The fraction of sp³-hybridized carbons (Fsp3) is 0.286. The number of nitriles is 1. The first kappa shape index (κ1) is 21.3. The Kier molecular flexibility index (Phi) is 7.85. The molecule has 2 rings (SSSR count). The van der Waals surface area contributed by atoms with E-state index < -0.39 is 18.5 Å². The molecular formula is C21H21ClN2O4. The molecule has 0 spiro atoms. The summed E-state index contributed by atoms with van der Waals surface area (Å²) in [6, 6.07) is 14.3. The van der Waals surface area contributed by atoms with Gasteiger partial charge in [0.25, 0.3) is 5.91 Å². The van der Waals surface area contributed by atoms with Crippen LogP contribution in [0.25, 0.3) is 0 Å². The minimum absolute atomic E-state index is 0.173. The molecule has 0 radical (unpaired) electrons. The van der Waals surface area contributed by atoms with Crippen molar-refractivity contribution in [2.24, 2.45) is 0 Å². The molecule has 6 nitrogen and oxygen atoms in total. The van der Waals surface area contributed by atoms with E-state index in [0.29, 0.717) is 16.5 Å². The molecule has 7 heteroatoms. The number of ether oxygens (including phenoxy) is 2. The Balaban J connectivity index is 1.94. The van der Waals surface area contributed by atoms with E-state index in [1.165, 1.54) is 4.90 Å². The van der Waals surface area contributed by atoms with E-state index in [1.807, 2.05) is 38.1 Å². The lowest BCUT2D eigenvalue weighted by Gasteiger charge is -2.22. The van der Waals surface area contributed by atoms with Crippen molar-refractivity contribution >= 4 is 29.2 Å². The Morgan fingerprint density at radius 3 is 2.32 bits per heavy atom. The van der Waals surface area contributed by atoms with Crippen molar-refractivity contribution < 1.29 is 19.1 Å². The summed E-state index contributed by atoms with van der Waals surface area (Å²) in [4.78, 5) is 25.9. The predicted octanol–water partition coefficient (Wildman–Crippen LogP) is 3.83. The van der Waals surface area contributed by atoms with Crippen LogP contribution in [-0.2, 0) is 14.3 Å². The second-order valence-electron chi connectivity index (χ2n) is 6.20. The molecule has 0 aliphatic heterocycles. The van der Waals surface area contributed by atoms with Gasteiger partial charge in [-0.3, -0.25) is 4.79 Å². The predicted molar refractivity (Wildman–Crippen MR) is 106 cm³/mol. The minimum atomic E-state index is -0.663. The lowest BCUT2D eigenvalue weighted by molar-refractivity contribution is -0.149. The largest absolute Gasteiger partial charge is 0.482 e. The van der Waals surface area contributed by atoms with Crippen LogP contribution in [0.3, 0.4) is 0 Å². The third-order valence-corrected chi connectivity index (χ3v) is 4.05. The van der Waals surface area contributed by atoms with Gasteiger partial charge < -0.3 is 14.4 Å². The standard InChI is InChI=1S/C21H21ClN2O4/c1-15-10-16(2)12-18(11-15)24(9-3-8-23)20(25)13-28-21(26)14-27-19-6-4-17(22)5-7-19/h4-7,10-12H,3,9,13-14H2,1-2H3. The van der Waals surface area contributed by atoms with Gasteiger partial charge in [-0.2, -0.15) is 5.26 Å². The van der Waals surface area contributed by atoms with Crippen molar-refractivity contribution in [3.63, 3.8) is 0 Å². The van der Waals surface area contributed by atoms with Crippen molar-refractivity contribution in [2.75, 3.05) is 24.7 Å². The molecule has 0 saturated carbocycles. The molecule has 0 saturated heterocycles. The quantitative estimate of drug-likeness (QED) is 0.629. The Hall–Kier alpha value is -3.04. The number of nitrogens with zero attached hydrogens (tertiary/aromatic N) is 2. The average molecular weight is 401 g/mol. The van der Waals surface area contributed by atoms with Crippen molar-refractivity contribution in [3.8, 4) is 11.8 Å². The molecule has 0 aromatic heterocycles. The zero-order valence-corrected chi connectivity index (χ0v) is 16.5. The van der Waals surface area contributed by atoms with Gasteiger partial charge in [-0.05, 0) is 61.4 Å². The Morgan fingerprint density at radius 2 is 1.71 bits per heavy atom. The molecule has 0 fully saturated rings. The van der Waals surface area contributed by atoms with Gasteiger partial charge >= 0.3 is 5.97 Å². The van der Waals surface area contributed by atoms with E-state index in [2.05, 4.69) is 0 Å². The van der Waals surface area contributed by atoms with E-state index in [1.54, 1.807) is 24.3 Å². The number of rotatable bonds is 8. The summed E-state index contributed by atoms with van der Waals surface area (Å²) in [6.45, 7) is 3.32. The number of aryl methyl sites for hydroxylation is 2. The maximum atomic E-state index is 12.6. The zero-order chi connectivity index (χ0) is 20.5. The minimum Gasteiger partial charge on any atom is -0.482 e. The maximum Gasteiger partial charge on any atom is 0.344 e. The lowest BCUT2D eigenvalue weighted by Crippen LogP contribution is -2.36. The number of esters is 1. The fourth-order valence-electron chi connectivity index (χ4n) is 2.60. The average Bonchev–Trinajstić information content (AvgIpc) is 2.65. The van der Waals surface area contributed by atoms with E-state index in [9.17, 15) is 9.59 Å². The third kappa shape index (κ3) is 6.60. The van der Waals surface area contributed by atoms with Crippen molar-refractivity contribution in [2.45, 2.75) is 20.3 Å². The third-order valence-electron chi connectivity index (χ3n) is 3.79. The van der Waals surface area contributed by atoms with Gasteiger partial charge in [0.1, 0.15) is 5.75 Å². The summed E-state index contributed by atoms with van der Waals surface area (Å²) in [6.07, 6.45) is 0.173. The van der Waals surface area contributed by atoms with E-state index in [-0.39, 0.29) is 19.6 Å². The number of anilines is 1. The molecule has 0 bridgehead atoms. The van der Waals surface area contributed by atoms with Crippen molar-refractivity contribution in [1.29, 1.82) is 5.26 Å². The molecule has 0 aliphatic carbocycles. The summed E-state index contributed by atoms with van der Waals surface area (Å²) in [5.74, 6) is -0.595. The van der Waals surface area contributed by atoms with Crippen LogP contribution in [0, 0.1) is 25.2 Å². The summed E-state index contributed by atoms with van der Waals surface area (Å²) >= 11 is 5.79. The first-order chi connectivity index (χ1) is 13.4. The second-order valence-corrected chi connectivity index (χ2v) is 6.64. The van der Waals surface area contributed by atoms with E-state index in [4.69, 9.17) is 26.3 Å². The van der Waals surface area contributed by atoms with Gasteiger partial charge in [0.15, 0.2) is 13.2 Å². The fourth-order valence-corrected chi connectivity index (χ4v) is 2.73. The number of amides is 1. The molecule has 146 valence electrons. The summed E-state index contributed by atoms with van der Waals surface area (Å²) in [5, 5.41) is 9.43. The Bertz CT molecular complexity index is 855. The maximum absolute atomic E-state index is 12.6. The molecule has 1 amide bonds. The first-order valence-electron chi connectivity index (χ1n) is 8.68. The van der Waals surface area contributed by atoms with Gasteiger partial charge in [-0.15, -0.1) is 0 Å². The number of benzene rings is 2. The van der Waals surface area contributed by atoms with Crippen molar-refractivity contribution in [3.05, 3.63) is 58.6 Å². The van der Waals surface area contributed by atoms with Crippen LogP contribution >= 0.6 is 11.6 Å². The van der Waals surface area contributed by atoms with Gasteiger partial charge in [0.05, 0.1) is 12.5 Å². The van der Waals surface area contributed by atoms with Crippen LogP contribution in [0.2, 0.25) is 5.02 Å². The molecule has 2 aromatic carbocycles. The van der Waals surface area contributed by atoms with Gasteiger partial charge in [0, 0.05) is 17.3 Å². The highest BCUT2D eigenvalue weighted by Crippen LogP contribution is 2.20. The summed E-state index contributed by atoms with van der Waals surface area (Å²) in [5.41, 5.74) is 2.67. The van der Waals surface area contributed by atoms with Crippen LogP contribution in [0.4, 0.5) is 5.69 Å². The van der Waals surface area contributed by atoms with Crippen LogP contribution in [0.1, 0.15) is 17.5 Å². The Labute approximate surface area is 169 Å². The zero-order valence-electron chi connectivity index (χ0n) is 15.8. The molecule has 0 N–H and O–H groups in total. The van der Waals surface area contributed by atoms with Gasteiger partial charge in [0.2, 0.25) is 0 Å². The van der Waals surface area contributed by atoms with Crippen LogP contribution in [-0.4, -0.2) is 31.6 Å². The van der Waals surface area contributed by atoms with Gasteiger partial charge in [-0.25, -0.2) is 4.79 Å². The van der Waals surface area contributed by atoms with E-state index in [0.717, 1.165) is 11.1 Å². The molecule has 2 aromatic rings. The monoisotopic (exact) mass is 400 g/mol. The topological polar surface area (TPSA) is 79.6 Å². The number of hydrogen-bond donors (Lipinski definition) is 0. The normalized spacial score (nSPS) is 10.1. The van der Waals surface area contributed by atoms with Crippen molar-refractivity contribution in [1.82, 2.24) is 0 Å². The summed E-state index contributed by atoms with van der Waals surface area (Å²) < 4.78 is 10.3. The summed E-state index contributed by atoms with van der Waals surface area (Å²) in [7, 11) is 0. The smallest absolute Gasteiger partial charge is 0.344 e. The molecule has 0 heterocycles. The molecule has 28 heavy (non-hydrogen) atoms. The molecule has 0 unspecified atom stereocenters. The lowest BCUT2D eigenvalue weighted by atomic mass is 10.1. The number of halogens is 1. The number of carbonyl (C=O) groups is 2. The highest BCUT2D eigenvalue weighted by molar-refractivity contribution is 6.30. The highest BCUT2D eigenvalue weighted by atomic mass is 35.5. The second kappa shape index (κ2) is 10.3. The number of carbonyl (C=O) groups excluding carboxylic acids is 2. The Morgan fingerprint density at radius 1 is 1.07 bits per heavy atom. The molecule has 0 atom stereocenters.